The summed E-state index contributed by atoms with van der Waals surface area (Å²) in [5.74, 6) is 1.50. The van der Waals surface area contributed by atoms with Crippen LogP contribution in [0.5, 0.6) is 11.5 Å². The van der Waals surface area contributed by atoms with E-state index in [1.807, 2.05) is 59.0 Å². The minimum absolute atomic E-state index is 0.100. The predicted octanol–water partition coefficient (Wildman–Crippen LogP) is 3.72. The van der Waals surface area contributed by atoms with Crippen LogP contribution in [-0.2, 0) is 18.6 Å². The standard InChI is InChI=1S/C24H28ClI2N3O5/c1-24(2,15-3-6-19(7-4-15)34-13-17(32)10-25)16-5-8-22(20(26)9-16)35-14-18(33)11-30-23(27)21(12-31)28-29-30/h3-9,17-18,31-33H,10-14H2,1-2H3/t17-,18+/m0/s1. The van der Waals surface area contributed by atoms with E-state index in [0.717, 1.165) is 14.7 Å². The first-order valence-corrected chi connectivity index (χ1v) is 13.6. The monoisotopic (exact) mass is 727 g/mol. The molecule has 2 aromatic carbocycles. The highest BCUT2D eigenvalue weighted by molar-refractivity contribution is 14.1. The fraction of sp³-hybridized carbons (Fsp3) is 0.417. The van der Waals surface area contributed by atoms with Crippen LogP contribution < -0.4 is 9.47 Å². The quantitative estimate of drug-likeness (QED) is 0.193. The van der Waals surface area contributed by atoms with Crippen molar-refractivity contribution in [1.82, 2.24) is 15.0 Å². The second-order valence-electron chi connectivity index (χ2n) is 8.55. The highest BCUT2D eigenvalue weighted by Gasteiger charge is 2.24. The second kappa shape index (κ2) is 12.9. The van der Waals surface area contributed by atoms with E-state index >= 15 is 0 Å². The lowest BCUT2D eigenvalue weighted by Crippen LogP contribution is -2.25. The summed E-state index contributed by atoms with van der Waals surface area (Å²) in [5.41, 5.74) is 2.46. The van der Waals surface area contributed by atoms with E-state index in [1.165, 1.54) is 0 Å². The average Bonchev–Trinajstić information content (AvgIpc) is 3.20. The number of aromatic nitrogens is 3. The molecule has 35 heavy (non-hydrogen) atoms. The third-order valence-corrected chi connectivity index (χ3v) is 7.93. The average molecular weight is 728 g/mol. The number of ether oxygens (including phenoxy) is 2. The first-order valence-electron chi connectivity index (χ1n) is 10.9. The van der Waals surface area contributed by atoms with Gasteiger partial charge < -0.3 is 24.8 Å². The molecule has 0 fully saturated rings. The molecule has 190 valence electrons. The molecule has 0 spiro atoms. The number of hydrogen-bond acceptors (Lipinski definition) is 7. The van der Waals surface area contributed by atoms with Crippen LogP contribution in [0.4, 0.5) is 0 Å². The van der Waals surface area contributed by atoms with Gasteiger partial charge >= 0.3 is 0 Å². The highest BCUT2D eigenvalue weighted by atomic mass is 127. The maximum absolute atomic E-state index is 10.4. The molecule has 3 N–H and O–H groups in total. The van der Waals surface area contributed by atoms with Gasteiger partial charge in [0, 0.05) is 5.41 Å². The molecule has 0 amide bonds. The van der Waals surface area contributed by atoms with Gasteiger partial charge in [0.2, 0.25) is 0 Å². The van der Waals surface area contributed by atoms with Crippen molar-refractivity contribution in [3.63, 3.8) is 0 Å². The Kier molecular flexibility index (Phi) is 10.4. The zero-order valence-corrected chi connectivity index (χ0v) is 24.4. The van der Waals surface area contributed by atoms with Gasteiger partial charge in [0.05, 0.1) is 22.6 Å². The summed E-state index contributed by atoms with van der Waals surface area (Å²) in [7, 11) is 0. The molecule has 1 aromatic heterocycles. The number of rotatable bonds is 12. The van der Waals surface area contributed by atoms with Crippen molar-refractivity contribution in [2.24, 2.45) is 0 Å². The molecule has 0 aliphatic rings. The van der Waals surface area contributed by atoms with Crippen molar-refractivity contribution in [2.45, 2.75) is 44.6 Å². The molecule has 8 nitrogen and oxygen atoms in total. The van der Waals surface area contributed by atoms with E-state index in [0.29, 0.717) is 20.9 Å². The van der Waals surface area contributed by atoms with Crippen LogP contribution >= 0.6 is 56.8 Å². The summed E-state index contributed by atoms with van der Waals surface area (Å²) in [6.07, 6.45) is -1.47. The van der Waals surface area contributed by atoms with Gasteiger partial charge in [-0.3, -0.25) is 0 Å². The SMILES string of the molecule is CC(C)(c1ccc(OC[C@@H](O)CCl)cc1)c1ccc(OC[C@H](O)Cn2nnc(CO)c2I)c(I)c1. The summed E-state index contributed by atoms with van der Waals surface area (Å²) in [6, 6.07) is 13.8. The predicted molar refractivity (Wildman–Crippen MR) is 150 cm³/mol. The molecule has 0 bridgehead atoms. The van der Waals surface area contributed by atoms with Crippen LogP contribution in [0.2, 0.25) is 0 Å². The van der Waals surface area contributed by atoms with Crippen LogP contribution in [0.3, 0.4) is 0 Å². The second-order valence-corrected chi connectivity index (χ2v) is 11.0. The lowest BCUT2D eigenvalue weighted by atomic mass is 9.78. The van der Waals surface area contributed by atoms with Crippen LogP contribution in [-0.4, -0.2) is 61.6 Å². The molecule has 3 aromatic rings. The Morgan fingerprint density at radius 2 is 1.66 bits per heavy atom. The minimum atomic E-state index is -0.782. The Hall–Kier alpha value is -1.19. The number of alkyl halides is 1. The van der Waals surface area contributed by atoms with E-state index in [1.54, 1.807) is 4.68 Å². The molecule has 0 aliphatic carbocycles. The summed E-state index contributed by atoms with van der Waals surface area (Å²) < 4.78 is 14.6. The number of hydrogen-bond donors (Lipinski definition) is 3. The Balaban J connectivity index is 1.62. The lowest BCUT2D eigenvalue weighted by molar-refractivity contribution is 0.0877. The van der Waals surface area contributed by atoms with Gasteiger partial charge in [-0.05, 0) is 80.6 Å². The first-order chi connectivity index (χ1) is 16.6. The molecule has 1 heterocycles. The molecule has 0 unspecified atom stereocenters. The zero-order valence-electron chi connectivity index (χ0n) is 19.4. The van der Waals surface area contributed by atoms with Crippen molar-refractivity contribution in [3.05, 3.63) is 66.6 Å². The molecule has 0 radical (unpaired) electrons. The summed E-state index contributed by atoms with van der Waals surface area (Å²) in [5, 5.41) is 37.0. The van der Waals surface area contributed by atoms with Gasteiger partial charge in [-0.25, -0.2) is 4.68 Å². The smallest absolute Gasteiger partial charge is 0.132 e. The van der Waals surface area contributed by atoms with Gasteiger partial charge in [-0.1, -0.05) is 37.3 Å². The third-order valence-electron chi connectivity index (χ3n) is 5.55. The van der Waals surface area contributed by atoms with Crippen molar-refractivity contribution < 1.29 is 24.8 Å². The van der Waals surface area contributed by atoms with Gasteiger partial charge in [-0.15, -0.1) is 16.7 Å². The van der Waals surface area contributed by atoms with Gasteiger partial charge in [-0.2, -0.15) is 0 Å². The Morgan fingerprint density at radius 3 is 2.26 bits per heavy atom. The van der Waals surface area contributed by atoms with Gasteiger partial charge in [0.1, 0.15) is 46.3 Å². The fourth-order valence-electron chi connectivity index (χ4n) is 3.37. The molecule has 0 saturated heterocycles. The number of aliphatic hydroxyl groups is 3. The van der Waals surface area contributed by atoms with E-state index < -0.39 is 12.2 Å². The molecule has 3 rings (SSSR count). The topological polar surface area (TPSA) is 110 Å². The summed E-state index contributed by atoms with van der Waals surface area (Å²) in [6.45, 7) is 4.58. The van der Waals surface area contributed by atoms with Crippen LogP contribution in [0.25, 0.3) is 0 Å². The van der Waals surface area contributed by atoms with Crippen LogP contribution in [0, 0.1) is 7.27 Å². The van der Waals surface area contributed by atoms with E-state index in [9.17, 15) is 15.3 Å². The molecule has 2 atom stereocenters. The largest absolute Gasteiger partial charge is 0.491 e. The summed E-state index contributed by atoms with van der Waals surface area (Å²) >= 11 is 9.89. The van der Waals surface area contributed by atoms with Crippen molar-refractivity contribution >= 4 is 56.8 Å². The van der Waals surface area contributed by atoms with Crippen LogP contribution in [0.1, 0.15) is 30.7 Å². The van der Waals surface area contributed by atoms with Crippen molar-refractivity contribution in [2.75, 3.05) is 19.1 Å². The molecule has 11 heteroatoms. The number of benzene rings is 2. The van der Waals surface area contributed by atoms with E-state index in [2.05, 4.69) is 52.8 Å². The minimum Gasteiger partial charge on any atom is -0.491 e. The van der Waals surface area contributed by atoms with E-state index in [4.69, 9.17) is 21.1 Å². The normalized spacial score (nSPS) is 13.5. The van der Waals surface area contributed by atoms with Crippen molar-refractivity contribution in [3.8, 4) is 11.5 Å². The van der Waals surface area contributed by atoms with Gasteiger partial charge in [0.25, 0.3) is 0 Å². The lowest BCUT2D eigenvalue weighted by Gasteiger charge is -2.27. The number of halogens is 3. The maximum Gasteiger partial charge on any atom is 0.132 e. The highest BCUT2D eigenvalue weighted by Crippen LogP contribution is 2.35. The fourth-order valence-corrected chi connectivity index (χ4v) is 4.70. The molecule has 0 aliphatic heterocycles. The zero-order chi connectivity index (χ0) is 25.6. The van der Waals surface area contributed by atoms with Crippen LogP contribution in [0.15, 0.2) is 42.5 Å². The van der Waals surface area contributed by atoms with Gasteiger partial charge in [0.15, 0.2) is 0 Å². The third kappa shape index (κ3) is 7.41. The Morgan fingerprint density at radius 1 is 1.00 bits per heavy atom. The molecular weight excluding hydrogens is 700 g/mol. The Labute approximate surface area is 236 Å². The van der Waals surface area contributed by atoms with Crippen molar-refractivity contribution in [1.29, 1.82) is 0 Å². The molecular formula is C24H28ClI2N3O5. The first kappa shape index (κ1) is 28.4. The van der Waals surface area contributed by atoms with E-state index in [-0.39, 0.29) is 37.7 Å². The Bertz CT molecular complexity index is 1110. The summed E-state index contributed by atoms with van der Waals surface area (Å²) in [4.78, 5) is 0. The molecule has 0 saturated carbocycles. The number of aliphatic hydroxyl groups excluding tert-OH is 3. The number of nitrogens with zero attached hydrogens (tertiary/aromatic N) is 3. The maximum atomic E-state index is 10.4.